The highest BCUT2D eigenvalue weighted by Crippen LogP contribution is 2.37. The maximum Gasteiger partial charge on any atom is -0.00706 e. The van der Waals surface area contributed by atoms with E-state index in [1.54, 1.807) is 44.5 Å². The first kappa shape index (κ1) is 38.9. The number of hydrogen-bond acceptors (Lipinski definition) is 0. The van der Waals surface area contributed by atoms with Crippen LogP contribution in [0.5, 0.6) is 0 Å². The highest BCUT2D eigenvalue weighted by molar-refractivity contribution is 6.10. The molecule has 0 aliphatic heterocycles. The minimum atomic E-state index is 1.25. The van der Waals surface area contributed by atoms with Crippen molar-refractivity contribution in [1.82, 2.24) is 0 Å². The molecule has 0 heterocycles. The van der Waals surface area contributed by atoms with Crippen LogP contribution in [0.4, 0.5) is 0 Å². The van der Waals surface area contributed by atoms with Gasteiger partial charge in [0, 0.05) is 0 Å². The Bertz CT molecular complexity index is 3530. The van der Waals surface area contributed by atoms with Gasteiger partial charge in [0.05, 0.1) is 0 Å². The molecule has 0 aromatic heterocycles. The van der Waals surface area contributed by atoms with E-state index in [1.807, 2.05) is 0 Å². The first-order valence-corrected chi connectivity index (χ1v) is 24.0. The zero-order valence-electron chi connectivity index (χ0n) is 36.8. The van der Waals surface area contributed by atoms with Gasteiger partial charge in [-0.3, -0.25) is 0 Å². The molecule has 0 N–H and O–H groups in total. The number of hydrogen-bond donors (Lipinski definition) is 0. The maximum absolute atomic E-state index is 2.37. The van der Waals surface area contributed by atoms with Crippen molar-refractivity contribution in [2.75, 3.05) is 0 Å². The third-order valence-electron chi connectivity index (χ3n) is 15.0. The van der Waals surface area contributed by atoms with E-state index in [9.17, 15) is 0 Å². The molecule has 0 spiro atoms. The minimum Gasteiger partial charge on any atom is -0.0616 e. The Kier molecular flexibility index (Phi) is 10.2. The number of fused-ring (bicyclic) bond motifs is 17. The van der Waals surface area contributed by atoms with E-state index in [0.717, 1.165) is 0 Å². The van der Waals surface area contributed by atoms with Crippen molar-refractivity contribution in [3.05, 3.63) is 226 Å². The smallest absolute Gasteiger partial charge is 0.00706 e. The summed E-state index contributed by atoms with van der Waals surface area (Å²) in [4.78, 5) is 0. The van der Waals surface area contributed by atoms with Crippen molar-refractivity contribution in [2.45, 2.75) is 77.0 Å². The molecule has 0 unspecified atom stereocenters. The van der Waals surface area contributed by atoms with Gasteiger partial charge in [0.2, 0.25) is 0 Å². The van der Waals surface area contributed by atoms with Crippen LogP contribution in [0.25, 0.3) is 75.4 Å². The Balaban J connectivity index is 0.0000000906. The highest BCUT2D eigenvalue weighted by atomic mass is 14.2. The minimum absolute atomic E-state index is 1.25. The Morgan fingerprint density at radius 2 is 0.594 bits per heavy atom. The first-order chi connectivity index (χ1) is 31.7. The molecule has 4 aliphatic carbocycles. The number of aryl methyl sites for hydroxylation is 8. The highest BCUT2D eigenvalue weighted by Gasteiger charge is 2.17. The van der Waals surface area contributed by atoms with Gasteiger partial charge in [0.25, 0.3) is 0 Å². The average molecular weight is 823 g/mol. The lowest BCUT2D eigenvalue weighted by atomic mass is 9.95. The van der Waals surface area contributed by atoms with Crippen molar-refractivity contribution in [3.63, 3.8) is 0 Å². The molecule has 11 aromatic rings. The van der Waals surface area contributed by atoms with Crippen LogP contribution in [-0.4, -0.2) is 0 Å². The Labute approximate surface area is 377 Å². The van der Waals surface area contributed by atoms with Gasteiger partial charge in [0.15, 0.2) is 0 Å². The molecule has 15 rings (SSSR count). The van der Waals surface area contributed by atoms with Gasteiger partial charge in [-0.2, -0.15) is 0 Å². The van der Waals surface area contributed by atoms with Crippen LogP contribution >= 0.6 is 0 Å². The fraction of sp³-hybridized carbons (Fsp3) is 0.188. The molecule has 310 valence electrons. The van der Waals surface area contributed by atoms with Gasteiger partial charge in [-0.05, 0) is 209 Å². The van der Waals surface area contributed by atoms with Gasteiger partial charge in [-0.1, -0.05) is 170 Å². The SMILES string of the molecule is c1ccc2c(c1)ccc1c3c(ccc12)CCC3.c1ccc2c(c1)ccc1ccc3c(c12)CCC3.c1ccc2c3c(ccc2c1)CCC3.c1ccc2cc3c4c(ccc3cc2c1)CCC4. The molecule has 0 fully saturated rings. The van der Waals surface area contributed by atoms with Crippen LogP contribution in [-0.2, 0) is 51.4 Å². The first-order valence-electron chi connectivity index (χ1n) is 24.0. The van der Waals surface area contributed by atoms with E-state index in [1.165, 1.54) is 152 Å². The van der Waals surface area contributed by atoms with E-state index in [-0.39, 0.29) is 0 Å². The summed E-state index contributed by atoms with van der Waals surface area (Å²) in [5, 5.41) is 19.7. The zero-order valence-corrected chi connectivity index (χ0v) is 36.8. The standard InChI is InChI=1S/3C17H14.C13H12/c1-2-6-15-12(4-1)8-10-14-11-9-13-5-3-7-16(13)17(14)15;1-2-6-14-12(4-1)8-10-17-15-7-3-5-13(15)9-11-16(14)17;1-2-5-14-11-17-15(10-13(14)4-1)9-8-12-6-3-7-16(12)17;1-2-6-12-10(4-1)8-9-11-5-3-7-13(11)12/h2*1-2,4,6,8-11H,3,5,7H2;1-2,4-5,8-11H,3,6-7H2;1-2,4,6,8-9H,3,5,7H2. The summed E-state index contributed by atoms with van der Waals surface area (Å²) in [7, 11) is 0. The summed E-state index contributed by atoms with van der Waals surface area (Å²) in [6.45, 7) is 0. The van der Waals surface area contributed by atoms with Crippen LogP contribution in [0.2, 0.25) is 0 Å². The number of rotatable bonds is 0. The molecule has 0 atom stereocenters. The van der Waals surface area contributed by atoms with Gasteiger partial charge < -0.3 is 0 Å². The molecule has 4 aliphatic rings. The molecule has 64 heavy (non-hydrogen) atoms. The second-order valence-corrected chi connectivity index (χ2v) is 18.6. The predicted octanol–water partition coefficient (Wildman–Crippen LogP) is 16.8. The summed E-state index contributed by atoms with van der Waals surface area (Å²) >= 11 is 0. The molecule has 0 saturated heterocycles. The average Bonchev–Trinajstić information content (AvgIpc) is 4.21. The summed E-state index contributed by atoms with van der Waals surface area (Å²) in [5.74, 6) is 0. The third kappa shape index (κ3) is 7.10. The van der Waals surface area contributed by atoms with E-state index >= 15 is 0 Å². The lowest BCUT2D eigenvalue weighted by Gasteiger charge is -2.09. The molecule has 0 nitrogen and oxygen atoms in total. The summed E-state index contributed by atoms with van der Waals surface area (Å²) in [6.07, 6.45) is 15.4. The molecule has 11 aromatic carbocycles. The Morgan fingerprint density at radius 1 is 0.203 bits per heavy atom. The molecular weight excluding hydrogens is 769 g/mol. The van der Waals surface area contributed by atoms with E-state index < -0.39 is 0 Å². The summed E-state index contributed by atoms with van der Waals surface area (Å²) in [6, 6.07) is 66.9. The van der Waals surface area contributed by atoms with Crippen molar-refractivity contribution in [2.24, 2.45) is 0 Å². The molecule has 0 saturated carbocycles. The van der Waals surface area contributed by atoms with E-state index in [4.69, 9.17) is 0 Å². The van der Waals surface area contributed by atoms with E-state index in [0.29, 0.717) is 0 Å². The topological polar surface area (TPSA) is 0 Å². The monoisotopic (exact) mass is 822 g/mol. The number of benzene rings is 11. The summed E-state index contributed by atoms with van der Waals surface area (Å²) < 4.78 is 0. The largest absolute Gasteiger partial charge is 0.0616 e. The predicted molar refractivity (Wildman–Crippen MR) is 276 cm³/mol. The molecule has 0 heteroatoms. The Morgan fingerprint density at radius 3 is 1.27 bits per heavy atom. The lowest BCUT2D eigenvalue weighted by Crippen LogP contribution is -1.86. The van der Waals surface area contributed by atoms with Crippen LogP contribution < -0.4 is 0 Å². The molecule has 0 radical (unpaired) electrons. The Hall–Kier alpha value is -6.76. The van der Waals surface area contributed by atoms with Gasteiger partial charge in [0.1, 0.15) is 0 Å². The van der Waals surface area contributed by atoms with Crippen LogP contribution in [0, 0.1) is 0 Å². The second kappa shape index (κ2) is 16.7. The quantitative estimate of drug-likeness (QED) is 0.106. The van der Waals surface area contributed by atoms with Crippen molar-refractivity contribution in [3.8, 4) is 0 Å². The van der Waals surface area contributed by atoms with Crippen molar-refractivity contribution >= 4 is 75.4 Å². The molecular formula is C64H54. The van der Waals surface area contributed by atoms with Crippen LogP contribution in [0.15, 0.2) is 182 Å². The maximum atomic E-state index is 2.37. The molecule has 0 amide bonds. The summed E-state index contributed by atoms with van der Waals surface area (Å²) in [5.41, 5.74) is 12.6. The molecule has 0 bridgehead atoms. The fourth-order valence-electron chi connectivity index (χ4n) is 11.8. The second-order valence-electron chi connectivity index (χ2n) is 18.6. The van der Waals surface area contributed by atoms with E-state index in [2.05, 4.69) is 182 Å². The normalized spacial score (nSPS) is 14.4. The van der Waals surface area contributed by atoms with Crippen molar-refractivity contribution in [1.29, 1.82) is 0 Å². The lowest BCUT2D eigenvalue weighted by molar-refractivity contribution is 0.913. The zero-order chi connectivity index (χ0) is 42.4. The van der Waals surface area contributed by atoms with Crippen molar-refractivity contribution < 1.29 is 0 Å². The van der Waals surface area contributed by atoms with Crippen LogP contribution in [0.3, 0.4) is 0 Å². The van der Waals surface area contributed by atoms with Gasteiger partial charge in [-0.25, -0.2) is 0 Å². The van der Waals surface area contributed by atoms with Crippen LogP contribution in [0.1, 0.15) is 70.2 Å². The third-order valence-corrected chi connectivity index (χ3v) is 15.0. The fourth-order valence-corrected chi connectivity index (χ4v) is 11.8. The van der Waals surface area contributed by atoms with Gasteiger partial charge in [-0.15, -0.1) is 0 Å². The van der Waals surface area contributed by atoms with Gasteiger partial charge >= 0.3 is 0 Å².